The summed E-state index contributed by atoms with van der Waals surface area (Å²) < 4.78 is 0. The SMILES string of the molecule is C/C(=C/c1ccccc1)CNCc1ccc(C(=O)N2CCNC(=O)C2)cc1. The van der Waals surface area contributed by atoms with Gasteiger partial charge in [0.2, 0.25) is 5.91 Å². The van der Waals surface area contributed by atoms with Crippen LogP contribution in [0.3, 0.4) is 0 Å². The van der Waals surface area contributed by atoms with Gasteiger partial charge in [-0.2, -0.15) is 0 Å². The van der Waals surface area contributed by atoms with Crippen LogP contribution in [0, 0.1) is 0 Å². The zero-order valence-electron chi connectivity index (χ0n) is 15.6. The molecule has 1 heterocycles. The molecular weight excluding hydrogens is 338 g/mol. The molecule has 0 unspecified atom stereocenters. The Morgan fingerprint density at radius 3 is 2.59 bits per heavy atom. The highest BCUT2D eigenvalue weighted by Gasteiger charge is 2.21. The summed E-state index contributed by atoms with van der Waals surface area (Å²) in [6, 6.07) is 17.8. The van der Waals surface area contributed by atoms with E-state index in [0.29, 0.717) is 18.7 Å². The van der Waals surface area contributed by atoms with Crippen LogP contribution >= 0.6 is 0 Å². The highest BCUT2D eigenvalue weighted by molar-refractivity contribution is 5.97. The predicted molar refractivity (Wildman–Crippen MR) is 107 cm³/mol. The molecule has 0 bridgehead atoms. The number of hydrogen-bond donors (Lipinski definition) is 2. The van der Waals surface area contributed by atoms with Crippen LogP contribution in [0.2, 0.25) is 0 Å². The second kappa shape index (κ2) is 9.14. The van der Waals surface area contributed by atoms with Crippen molar-refractivity contribution in [1.82, 2.24) is 15.5 Å². The lowest BCUT2D eigenvalue weighted by Crippen LogP contribution is -2.49. The molecule has 1 aliphatic rings. The van der Waals surface area contributed by atoms with Crippen molar-refractivity contribution in [3.8, 4) is 0 Å². The predicted octanol–water partition coefficient (Wildman–Crippen LogP) is 2.45. The zero-order valence-corrected chi connectivity index (χ0v) is 15.6. The van der Waals surface area contributed by atoms with Crippen molar-refractivity contribution in [1.29, 1.82) is 0 Å². The average molecular weight is 363 g/mol. The van der Waals surface area contributed by atoms with E-state index >= 15 is 0 Å². The van der Waals surface area contributed by atoms with Gasteiger partial charge in [0.1, 0.15) is 0 Å². The number of rotatable bonds is 6. The van der Waals surface area contributed by atoms with Gasteiger partial charge in [0.25, 0.3) is 5.91 Å². The normalized spacial score (nSPS) is 14.8. The van der Waals surface area contributed by atoms with Crippen LogP contribution in [0.15, 0.2) is 60.2 Å². The molecular formula is C22H25N3O2. The third kappa shape index (κ3) is 5.53. The van der Waals surface area contributed by atoms with Gasteiger partial charge < -0.3 is 15.5 Å². The Hall–Kier alpha value is -2.92. The van der Waals surface area contributed by atoms with Crippen LogP contribution in [0.1, 0.15) is 28.4 Å². The molecule has 2 N–H and O–H groups in total. The minimum Gasteiger partial charge on any atom is -0.353 e. The van der Waals surface area contributed by atoms with Gasteiger partial charge in [-0.05, 0) is 30.2 Å². The summed E-state index contributed by atoms with van der Waals surface area (Å²) in [5.41, 5.74) is 4.20. The molecule has 1 fully saturated rings. The third-order valence-electron chi connectivity index (χ3n) is 4.47. The van der Waals surface area contributed by atoms with Crippen molar-refractivity contribution in [3.63, 3.8) is 0 Å². The van der Waals surface area contributed by atoms with Crippen LogP contribution in [0.4, 0.5) is 0 Å². The number of carbonyl (C=O) groups is 2. The first-order valence-electron chi connectivity index (χ1n) is 9.20. The fraction of sp³-hybridized carbons (Fsp3) is 0.273. The second-order valence-corrected chi connectivity index (χ2v) is 6.78. The Labute approximate surface area is 160 Å². The van der Waals surface area contributed by atoms with Crippen molar-refractivity contribution in [3.05, 3.63) is 76.9 Å². The van der Waals surface area contributed by atoms with E-state index in [-0.39, 0.29) is 18.4 Å². The van der Waals surface area contributed by atoms with Crippen LogP contribution < -0.4 is 10.6 Å². The largest absolute Gasteiger partial charge is 0.353 e. The molecule has 2 aromatic carbocycles. The van der Waals surface area contributed by atoms with Gasteiger partial charge in [-0.1, -0.05) is 54.1 Å². The first-order chi connectivity index (χ1) is 13.1. The van der Waals surface area contributed by atoms with Gasteiger partial charge in [-0.25, -0.2) is 0 Å². The Morgan fingerprint density at radius 2 is 1.89 bits per heavy atom. The number of carbonyl (C=O) groups excluding carboxylic acids is 2. The first-order valence-corrected chi connectivity index (χ1v) is 9.20. The maximum absolute atomic E-state index is 12.5. The van der Waals surface area contributed by atoms with Gasteiger partial charge >= 0.3 is 0 Å². The molecule has 0 radical (unpaired) electrons. The number of hydrogen-bond acceptors (Lipinski definition) is 3. The van der Waals surface area contributed by atoms with E-state index in [9.17, 15) is 9.59 Å². The monoisotopic (exact) mass is 363 g/mol. The smallest absolute Gasteiger partial charge is 0.254 e. The molecule has 1 saturated heterocycles. The number of benzene rings is 2. The highest BCUT2D eigenvalue weighted by atomic mass is 16.2. The summed E-state index contributed by atoms with van der Waals surface area (Å²) in [5, 5.41) is 6.15. The molecule has 140 valence electrons. The molecule has 3 rings (SSSR count). The van der Waals surface area contributed by atoms with E-state index in [1.165, 1.54) is 11.1 Å². The van der Waals surface area contributed by atoms with E-state index in [2.05, 4.69) is 35.8 Å². The molecule has 1 aliphatic heterocycles. The molecule has 2 amide bonds. The molecule has 0 spiro atoms. The van der Waals surface area contributed by atoms with E-state index in [1.807, 2.05) is 42.5 Å². The summed E-state index contributed by atoms with van der Waals surface area (Å²) in [7, 11) is 0. The fourth-order valence-electron chi connectivity index (χ4n) is 3.05. The minimum atomic E-state index is -0.102. The maximum atomic E-state index is 12.5. The summed E-state index contributed by atoms with van der Waals surface area (Å²) in [6.45, 7) is 4.86. The zero-order chi connectivity index (χ0) is 19.1. The lowest BCUT2D eigenvalue weighted by Gasteiger charge is -2.26. The highest BCUT2D eigenvalue weighted by Crippen LogP contribution is 2.10. The summed E-state index contributed by atoms with van der Waals surface area (Å²) in [4.78, 5) is 25.5. The quantitative estimate of drug-likeness (QED) is 0.829. The molecule has 0 aromatic heterocycles. The minimum absolute atomic E-state index is 0.0917. The van der Waals surface area contributed by atoms with E-state index < -0.39 is 0 Å². The Kier molecular flexibility index (Phi) is 6.39. The Morgan fingerprint density at radius 1 is 1.15 bits per heavy atom. The van der Waals surface area contributed by atoms with Crippen molar-refractivity contribution in [2.45, 2.75) is 13.5 Å². The van der Waals surface area contributed by atoms with Crippen LogP contribution in [0.25, 0.3) is 6.08 Å². The molecule has 5 nitrogen and oxygen atoms in total. The number of nitrogens with zero attached hydrogens (tertiary/aromatic N) is 1. The van der Waals surface area contributed by atoms with E-state index in [1.54, 1.807) is 4.90 Å². The van der Waals surface area contributed by atoms with Gasteiger partial charge in [-0.15, -0.1) is 0 Å². The molecule has 27 heavy (non-hydrogen) atoms. The van der Waals surface area contributed by atoms with Gasteiger partial charge in [0.15, 0.2) is 0 Å². The van der Waals surface area contributed by atoms with Crippen molar-refractivity contribution in [2.75, 3.05) is 26.2 Å². The first kappa shape index (κ1) is 18.9. The van der Waals surface area contributed by atoms with Crippen LogP contribution in [-0.2, 0) is 11.3 Å². The standard InChI is InChI=1S/C22H25N3O2/c1-17(13-18-5-3-2-4-6-18)14-23-15-19-7-9-20(10-8-19)22(27)25-12-11-24-21(26)16-25/h2-10,13,23H,11-12,14-16H2,1H3,(H,24,26)/b17-13-. The van der Waals surface area contributed by atoms with Crippen molar-refractivity contribution >= 4 is 17.9 Å². The summed E-state index contributed by atoms with van der Waals surface area (Å²) in [5.74, 6) is -0.194. The number of amides is 2. The van der Waals surface area contributed by atoms with Crippen molar-refractivity contribution in [2.24, 2.45) is 0 Å². The molecule has 2 aromatic rings. The summed E-state index contributed by atoms with van der Waals surface area (Å²) in [6.07, 6.45) is 2.17. The van der Waals surface area contributed by atoms with Gasteiger partial charge in [-0.3, -0.25) is 9.59 Å². The van der Waals surface area contributed by atoms with E-state index in [0.717, 1.165) is 18.7 Å². The third-order valence-corrected chi connectivity index (χ3v) is 4.47. The lowest BCUT2D eigenvalue weighted by atomic mass is 10.1. The Balaban J connectivity index is 1.50. The second-order valence-electron chi connectivity index (χ2n) is 6.78. The van der Waals surface area contributed by atoms with Crippen LogP contribution in [0.5, 0.6) is 0 Å². The van der Waals surface area contributed by atoms with Gasteiger partial charge in [0.05, 0.1) is 6.54 Å². The number of piperazine rings is 1. The van der Waals surface area contributed by atoms with Gasteiger partial charge in [0, 0.05) is 31.7 Å². The van der Waals surface area contributed by atoms with Crippen molar-refractivity contribution < 1.29 is 9.59 Å². The van der Waals surface area contributed by atoms with E-state index in [4.69, 9.17) is 0 Å². The topological polar surface area (TPSA) is 61.4 Å². The molecule has 5 heteroatoms. The lowest BCUT2D eigenvalue weighted by molar-refractivity contribution is -0.123. The molecule has 0 saturated carbocycles. The summed E-state index contributed by atoms with van der Waals surface area (Å²) >= 11 is 0. The molecule has 0 aliphatic carbocycles. The van der Waals surface area contributed by atoms with Crippen LogP contribution in [-0.4, -0.2) is 42.9 Å². The Bertz CT molecular complexity index is 813. The molecule has 0 atom stereocenters. The fourth-order valence-corrected chi connectivity index (χ4v) is 3.05. The number of nitrogens with one attached hydrogen (secondary N) is 2. The average Bonchev–Trinajstić information content (AvgIpc) is 2.69. The maximum Gasteiger partial charge on any atom is 0.254 e.